The van der Waals surface area contributed by atoms with Crippen molar-refractivity contribution in [2.75, 3.05) is 5.32 Å². The second kappa shape index (κ2) is 8.15. The molecule has 5 heteroatoms. The van der Waals surface area contributed by atoms with Gasteiger partial charge in [-0.2, -0.15) is 0 Å². The number of anilines is 1. The topological polar surface area (TPSA) is 67.4 Å². The molecule has 2 rings (SSSR count). The molecule has 0 aromatic heterocycles. The summed E-state index contributed by atoms with van der Waals surface area (Å²) in [7, 11) is 0. The van der Waals surface area contributed by atoms with Gasteiger partial charge in [-0.3, -0.25) is 4.79 Å². The first kappa shape index (κ1) is 17.5. The highest BCUT2D eigenvalue weighted by atomic mass is 16.5. The molecule has 1 atom stereocenters. The first-order valence-corrected chi connectivity index (χ1v) is 7.81. The Labute approximate surface area is 142 Å². The van der Waals surface area contributed by atoms with Crippen LogP contribution in [0.15, 0.2) is 48.5 Å². The summed E-state index contributed by atoms with van der Waals surface area (Å²) in [5.74, 6) is -0.291. The lowest BCUT2D eigenvalue weighted by Crippen LogP contribution is -2.41. The molecule has 0 bridgehead atoms. The number of benzene rings is 2. The van der Waals surface area contributed by atoms with Gasteiger partial charge in [-0.15, -0.1) is 0 Å². The fraction of sp³-hybridized carbons (Fsp3) is 0.263. The van der Waals surface area contributed by atoms with Crippen LogP contribution in [0.3, 0.4) is 0 Å². The molecule has 0 fully saturated rings. The van der Waals surface area contributed by atoms with E-state index in [-0.39, 0.29) is 12.5 Å². The Morgan fingerprint density at radius 3 is 2.46 bits per heavy atom. The summed E-state index contributed by atoms with van der Waals surface area (Å²) in [4.78, 5) is 24.0. The van der Waals surface area contributed by atoms with Gasteiger partial charge >= 0.3 is 6.09 Å². The molecule has 0 radical (unpaired) electrons. The Balaban J connectivity index is 1.84. The standard InChI is InChI=1S/C19H22N2O3/c1-13-8-7-11-17(14(13)2)21-18(22)15(3)20-19(23)24-12-16-9-5-4-6-10-16/h4-11,15H,12H2,1-3H3,(H,20,23)(H,21,22). The van der Waals surface area contributed by atoms with E-state index in [4.69, 9.17) is 4.74 Å². The van der Waals surface area contributed by atoms with E-state index in [1.165, 1.54) is 0 Å². The minimum absolute atomic E-state index is 0.165. The molecule has 0 saturated heterocycles. The summed E-state index contributed by atoms with van der Waals surface area (Å²) >= 11 is 0. The van der Waals surface area contributed by atoms with E-state index in [1.54, 1.807) is 6.92 Å². The van der Waals surface area contributed by atoms with Crippen LogP contribution in [0.4, 0.5) is 10.5 Å². The predicted octanol–water partition coefficient (Wildman–Crippen LogP) is 3.56. The molecular weight excluding hydrogens is 304 g/mol. The maximum Gasteiger partial charge on any atom is 0.408 e. The average molecular weight is 326 g/mol. The van der Waals surface area contributed by atoms with Crippen molar-refractivity contribution in [2.45, 2.75) is 33.4 Å². The van der Waals surface area contributed by atoms with Crippen LogP contribution >= 0.6 is 0 Å². The van der Waals surface area contributed by atoms with Crippen molar-refractivity contribution in [3.05, 3.63) is 65.2 Å². The summed E-state index contributed by atoms with van der Waals surface area (Å²) in [5, 5.41) is 5.35. The van der Waals surface area contributed by atoms with Gasteiger partial charge < -0.3 is 15.4 Å². The quantitative estimate of drug-likeness (QED) is 0.883. The van der Waals surface area contributed by atoms with E-state index < -0.39 is 12.1 Å². The normalized spacial score (nSPS) is 11.5. The molecule has 24 heavy (non-hydrogen) atoms. The van der Waals surface area contributed by atoms with Gasteiger partial charge in [0.1, 0.15) is 12.6 Å². The van der Waals surface area contributed by atoms with Crippen LogP contribution in [-0.2, 0) is 16.1 Å². The fourth-order valence-electron chi connectivity index (χ4n) is 2.13. The number of hydrogen-bond acceptors (Lipinski definition) is 3. The number of rotatable bonds is 5. The number of amides is 2. The van der Waals surface area contributed by atoms with Crippen molar-refractivity contribution >= 4 is 17.7 Å². The van der Waals surface area contributed by atoms with Crippen molar-refractivity contribution in [3.8, 4) is 0 Å². The van der Waals surface area contributed by atoms with Crippen LogP contribution in [0, 0.1) is 13.8 Å². The summed E-state index contributed by atoms with van der Waals surface area (Å²) in [6, 6.07) is 14.4. The van der Waals surface area contributed by atoms with Crippen LogP contribution in [0.5, 0.6) is 0 Å². The number of hydrogen-bond donors (Lipinski definition) is 2. The van der Waals surface area contributed by atoms with E-state index in [0.29, 0.717) is 0 Å². The molecule has 0 aliphatic carbocycles. The van der Waals surface area contributed by atoms with Crippen molar-refractivity contribution in [1.82, 2.24) is 5.32 Å². The van der Waals surface area contributed by atoms with Crippen molar-refractivity contribution in [1.29, 1.82) is 0 Å². The number of carbonyl (C=O) groups excluding carboxylic acids is 2. The monoisotopic (exact) mass is 326 g/mol. The Morgan fingerprint density at radius 1 is 1.04 bits per heavy atom. The fourth-order valence-corrected chi connectivity index (χ4v) is 2.13. The zero-order valence-electron chi connectivity index (χ0n) is 14.1. The first-order chi connectivity index (χ1) is 11.5. The van der Waals surface area contributed by atoms with Gasteiger partial charge in [0, 0.05) is 5.69 Å². The second-order valence-corrected chi connectivity index (χ2v) is 5.66. The maximum absolute atomic E-state index is 12.2. The molecule has 0 aliphatic heterocycles. The maximum atomic E-state index is 12.2. The van der Waals surface area contributed by atoms with E-state index in [0.717, 1.165) is 22.4 Å². The third-order valence-electron chi connectivity index (χ3n) is 3.80. The summed E-state index contributed by atoms with van der Waals surface area (Å²) < 4.78 is 5.11. The average Bonchev–Trinajstić information content (AvgIpc) is 2.58. The minimum Gasteiger partial charge on any atom is -0.445 e. The number of carbonyl (C=O) groups is 2. The predicted molar refractivity (Wildman–Crippen MR) is 93.8 cm³/mol. The highest BCUT2D eigenvalue weighted by Gasteiger charge is 2.17. The molecule has 2 amide bonds. The second-order valence-electron chi connectivity index (χ2n) is 5.66. The van der Waals surface area contributed by atoms with Gasteiger partial charge in [-0.05, 0) is 43.5 Å². The zero-order valence-corrected chi connectivity index (χ0v) is 14.1. The van der Waals surface area contributed by atoms with E-state index in [1.807, 2.05) is 62.4 Å². The van der Waals surface area contributed by atoms with Gasteiger partial charge in [-0.1, -0.05) is 42.5 Å². The lowest BCUT2D eigenvalue weighted by atomic mass is 10.1. The molecule has 2 aromatic rings. The van der Waals surface area contributed by atoms with Gasteiger partial charge in [0.05, 0.1) is 0 Å². The van der Waals surface area contributed by atoms with Crippen molar-refractivity contribution in [3.63, 3.8) is 0 Å². The Bertz CT molecular complexity index is 714. The van der Waals surface area contributed by atoms with Gasteiger partial charge in [0.2, 0.25) is 5.91 Å². The lowest BCUT2D eigenvalue weighted by molar-refractivity contribution is -0.117. The first-order valence-electron chi connectivity index (χ1n) is 7.81. The highest BCUT2D eigenvalue weighted by Crippen LogP contribution is 2.18. The largest absolute Gasteiger partial charge is 0.445 e. The number of ether oxygens (including phenoxy) is 1. The van der Waals surface area contributed by atoms with Crippen molar-refractivity contribution < 1.29 is 14.3 Å². The molecule has 0 heterocycles. The Hall–Kier alpha value is -2.82. The molecule has 5 nitrogen and oxygen atoms in total. The van der Waals surface area contributed by atoms with Gasteiger partial charge in [0.15, 0.2) is 0 Å². The molecule has 0 aliphatic rings. The summed E-state index contributed by atoms with van der Waals surface area (Å²) in [5.41, 5.74) is 3.73. The van der Waals surface area contributed by atoms with E-state index in [9.17, 15) is 9.59 Å². The van der Waals surface area contributed by atoms with Crippen LogP contribution in [-0.4, -0.2) is 18.0 Å². The van der Waals surface area contributed by atoms with Crippen LogP contribution in [0.25, 0.3) is 0 Å². The van der Waals surface area contributed by atoms with Crippen LogP contribution in [0.1, 0.15) is 23.6 Å². The van der Waals surface area contributed by atoms with Crippen molar-refractivity contribution in [2.24, 2.45) is 0 Å². The third-order valence-corrected chi connectivity index (χ3v) is 3.80. The number of alkyl carbamates (subject to hydrolysis) is 1. The van der Waals surface area contributed by atoms with Gasteiger partial charge in [0.25, 0.3) is 0 Å². The molecule has 2 N–H and O–H groups in total. The van der Waals surface area contributed by atoms with E-state index >= 15 is 0 Å². The third kappa shape index (κ3) is 4.84. The minimum atomic E-state index is -0.701. The molecular formula is C19H22N2O3. The SMILES string of the molecule is Cc1cccc(NC(=O)C(C)NC(=O)OCc2ccccc2)c1C. The Morgan fingerprint density at radius 2 is 1.75 bits per heavy atom. The molecule has 0 spiro atoms. The van der Waals surface area contributed by atoms with Gasteiger partial charge in [-0.25, -0.2) is 4.79 Å². The zero-order chi connectivity index (χ0) is 17.5. The Kier molecular flexibility index (Phi) is 5.95. The van der Waals surface area contributed by atoms with Crippen LogP contribution < -0.4 is 10.6 Å². The summed E-state index contributed by atoms with van der Waals surface area (Å²) in [6.07, 6.45) is -0.623. The number of aryl methyl sites for hydroxylation is 1. The molecule has 2 aromatic carbocycles. The molecule has 0 saturated carbocycles. The molecule has 126 valence electrons. The number of nitrogens with one attached hydrogen (secondary N) is 2. The molecule has 1 unspecified atom stereocenters. The smallest absolute Gasteiger partial charge is 0.408 e. The lowest BCUT2D eigenvalue weighted by Gasteiger charge is -2.16. The summed E-state index contributed by atoms with van der Waals surface area (Å²) in [6.45, 7) is 5.70. The highest BCUT2D eigenvalue weighted by molar-refractivity contribution is 5.96. The van der Waals surface area contributed by atoms with Crippen LogP contribution in [0.2, 0.25) is 0 Å². The van der Waals surface area contributed by atoms with E-state index in [2.05, 4.69) is 10.6 Å².